The zero-order valence-corrected chi connectivity index (χ0v) is 13.2. The number of piperazine rings is 1. The number of nitrogens with zero attached hydrogens (tertiary/aromatic N) is 2. The quantitative estimate of drug-likeness (QED) is 0.917. The number of hydrogen-bond acceptors (Lipinski definition) is 3. The molecule has 0 aliphatic carbocycles. The van der Waals surface area contributed by atoms with Crippen LogP contribution in [0.4, 0.5) is 5.69 Å². The van der Waals surface area contributed by atoms with E-state index >= 15 is 0 Å². The molecular weight excluding hydrogens is 306 g/mol. The largest absolute Gasteiger partial charge is 0.357 e. The summed E-state index contributed by atoms with van der Waals surface area (Å²) in [7, 11) is 3.75. The van der Waals surface area contributed by atoms with E-state index in [-0.39, 0.29) is 11.9 Å². The molecule has 1 aromatic rings. The lowest BCUT2D eigenvalue weighted by Gasteiger charge is -2.40. The van der Waals surface area contributed by atoms with Crippen molar-refractivity contribution in [2.45, 2.75) is 13.0 Å². The van der Waals surface area contributed by atoms with Crippen LogP contribution in [0.1, 0.15) is 5.56 Å². The van der Waals surface area contributed by atoms with Gasteiger partial charge in [-0.3, -0.25) is 4.79 Å². The minimum atomic E-state index is -0.121. The monoisotopic (exact) mass is 325 g/mol. The molecule has 1 N–H and O–H groups in total. The fourth-order valence-corrected chi connectivity index (χ4v) is 2.67. The third-order valence-corrected chi connectivity index (χ3v) is 4.47. The van der Waals surface area contributed by atoms with Crippen molar-refractivity contribution in [3.05, 3.63) is 28.2 Å². The van der Waals surface area contributed by atoms with E-state index in [9.17, 15) is 4.79 Å². The van der Waals surface area contributed by atoms with Gasteiger partial charge in [0.25, 0.3) is 0 Å². The Morgan fingerprint density at radius 2 is 2.16 bits per heavy atom. The Morgan fingerprint density at radius 3 is 2.79 bits per heavy atom. The maximum atomic E-state index is 12.3. The Hall–Kier alpha value is -1.07. The zero-order valence-electron chi connectivity index (χ0n) is 11.6. The van der Waals surface area contributed by atoms with E-state index in [1.165, 1.54) is 5.56 Å². The SMILES string of the molecule is CNCC1C(=O)N(C)CCN1c1ccc(Br)c(C)c1. The predicted octanol–water partition coefficient (Wildman–Crippen LogP) is 1.62. The molecule has 5 heteroatoms. The summed E-state index contributed by atoms with van der Waals surface area (Å²) in [5.74, 6) is 0.182. The van der Waals surface area contributed by atoms with Crippen molar-refractivity contribution >= 4 is 27.5 Å². The van der Waals surface area contributed by atoms with E-state index in [4.69, 9.17) is 0 Å². The van der Waals surface area contributed by atoms with Gasteiger partial charge in [-0.2, -0.15) is 0 Å². The molecule has 1 aliphatic rings. The molecule has 1 aliphatic heterocycles. The summed E-state index contributed by atoms with van der Waals surface area (Å²) < 4.78 is 1.10. The Bertz CT molecular complexity index is 478. The summed E-state index contributed by atoms with van der Waals surface area (Å²) in [5, 5.41) is 3.12. The molecule has 104 valence electrons. The molecule has 0 aromatic heterocycles. The highest BCUT2D eigenvalue weighted by Crippen LogP contribution is 2.26. The van der Waals surface area contributed by atoms with Crippen LogP contribution in [0, 0.1) is 6.92 Å². The second-order valence-corrected chi connectivity index (χ2v) is 5.81. The molecule has 0 saturated carbocycles. The highest BCUT2D eigenvalue weighted by molar-refractivity contribution is 9.10. The van der Waals surface area contributed by atoms with Gasteiger partial charge in [-0.25, -0.2) is 0 Å². The lowest BCUT2D eigenvalue weighted by molar-refractivity contribution is -0.132. The Balaban J connectivity index is 2.30. The van der Waals surface area contributed by atoms with E-state index < -0.39 is 0 Å². The number of likely N-dealkylation sites (N-methyl/N-ethyl adjacent to an activating group) is 2. The molecule has 1 amide bonds. The second-order valence-electron chi connectivity index (χ2n) is 4.96. The van der Waals surface area contributed by atoms with E-state index in [1.54, 1.807) is 0 Å². The van der Waals surface area contributed by atoms with E-state index in [1.807, 2.05) is 25.1 Å². The van der Waals surface area contributed by atoms with Crippen molar-refractivity contribution in [2.75, 3.05) is 38.6 Å². The minimum absolute atomic E-state index is 0.121. The molecule has 1 aromatic carbocycles. The van der Waals surface area contributed by atoms with Gasteiger partial charge in [0.05, 0.1) is 0 Å². The van der Waals surface area contributed by atoms with Gasteiger partial charge in [-0.1, -0.05) is 15.9 Å². The Morgan fingerprint density at radius 1 is 1.42 bits per heavy atom. The van der Waals surface area contributed by atoms with Gasteiger partial charge in [-0.15, -0.1) is 0 Å². The summed E-state index contributed by atoms with van der Waals surface area (Å²) >= 11 is 3.51. The third kappa shape index (κ3) is 2.92. The van der Waals surface area contributed by atoms with Crippen molar-refractivity contribution in [2.24, 2.45) is 0 Å². The van der Waals surface area contributed by atoms with Crippen molar-refractivity contribution in [3.8, 4) is 0 Å². The predicted molar refractivity (Wildman–Crippen MR) is 81.6 cm³/mol. The highest BCUT2D eigenvalue weighted by Gasteiger charge is 2.32. The summed E-state index contributed by atoms with van der Waals surface area (Å²) in [6.45, 7) is 4.38. The van der Waals surface area contributed by atoms with Crippen LogP contribution in [-0.2, 0) is 4.79 Å². The number of hydrogen-bond donors (Lipinski definition) is 1. The van der Waals surface area contributed by atoms with Gasteiger partial charge in [-0.05, 0) is 37.7 Å². The lowest BCUT2D eigenvalue weighted by Crippen LogP contribution is -2.59. The third-order valence-electron chi connectivity index (χ3n) is 3.58. The van der Waals surface area contributed by atoms with Gasteiger partial charge >= 0.3 is 0 Å². The van der Waals surface area contributed by atoms with Crippen LogP contribution in [0.15, 0.2) is 22.7 Å². The van der Waals surface area contributed by atoms with Crippen LogP contribution in [-0.4, -0.2) is 50.6 Å². The van der Waals surface area contributed by atoms with Gasteiger partial charge in [0.15, 0.2) is 0 Å². The van der Waals surface area contributed by atoms with Gasteiger partial charge < -0.3 is 15.1 Å². The summed E-state index contributed by atoms with van der Waals surface area (Å²) in [4.78, 5) is 16.3. The molecule has 19 heavy (non-hydrogen) atoms. The maximum Gasteiger partial charge on any atom is 0.246 e. The van der Waals surface area contributed by atoms with Crippen molar-refractivity contribution in [1.82, 2.24) is 10.2 Å². The standard InChI is InChI=1S/C14H20BrN3O/c1-10-8-11(4-5-12(10)15)18-7-6-17(3)14(19)13(18)9-16-2/h4-5,8,13,16H,6-7,9H2,1-3H3. The van der Waals surface area contributed by atoms with E-state index in [0.29, 0.717) is 6.54 Å². The smallest absolute Gasteiger partial charge is 0.246 e. The minimum Gasteiger partial charge on any atom is -0.357 e. The number of aryl methyl sites for hydroxylation is 1. The first-order valence-corrected chi connectivity index (χ1v) is 7.26. The topological polar surface area (TPSA) is 35.6 Å². The average Bonchev–Trinajstić information content (AvgIpc) is 2.39. The van der Waals surface area contributed by atoms with E-state index in [0.717, 1.165) is 23.2 Å². The fourth-order valence-electron chi connectivity index (χ4n) is 2.42. The molecule has 0 spiro atoms. The summed E-state index contributed by atoms with van der Waals surface area (Å²) in [6, 6.07) is 6.12. The first-order valence-electron chi connectivity index (χ1n) is 6.47. The van der Waals surface area contributed by atoms with Gasteiger partial charge in [0.1, 0.15) is 6.04 Å². The molecule has 1 saturated heterocycles. The van der Waals surface area contributed by atoms with Crippen molar-refractivity contribution in [3.63, 3.8) is 0 Å². The fraction of sp³-hybridized carbons (Fsp3) is 0.500. The normalized spacial score (nSPS) is 20.0. The Labute approximate surface area is 122 Å². The molecule has 0 radical (unpaired) electrons. The molecule has 1 heterocycles. The molecule has 0 bridgehead atoms. The van der Waals surface area contributed by atoms with Gasteiger partial charge in [0.2, 0.25) is 5.91 Å². The number of halogens is 1. The summed E-state index contributed by atoms with van der Waals surface area (Å²) in [5.41, 5.74) is 2.30. The lowest BCUT2D eigenvalue weighted by atomic mass is 10.1. The maximum absolute atomic E-state index is 12.3. The molecule has 1 unspecified atom stereocenters. The van der Waals surface area contributed by atoms with E-state index in [2.05, 4.69) is 45.2 Å². The van der Waals surface area contributed by atoms with Crippen LogP contribution in [0.3, 0.4) is 0 Å². The number of rotatable bonds is 3. The number of benzene rings is 1. The van der Waals surface area contributed by atoms with Crippen molar-refractivity contribution in [1.29, 1.82) is 0 Å². The molecule has 4 nitrogen and oxygen atoms in total. The highest BCUT2D eigenvalue weighted by atomic mass is 79.9. The number of anilines is 1. The number of carbonyl (C=O) groups is 1. The van der Waals surface area contributed by atoms with Crippen LogP contribution in [0.5, 0.6) is 0 Å². The van der Waals surface area contributed by atoms with Crippen molar-refractivity contribution < 1.29 is 4.79 Å². The van der Waals surface area contributed by atoms with Gasteiger partial charge in [0, 0.05) is 36.8 Å². The Kier molecular flexibility index (Phi) is 4.47. The number of amides is 1. The van der Waals surface area contributed by atoms with Crippen LogP contribution >= 0.6 is 15.9 Å². The first-order chi connectivity index (χ1) is 9.04. The number of carbonyl (C=O) groups excluding carboxylic acids is 1. The van der Waals surface area contributed by atoms with Crippen LogP contribution in [0.25, 0.3) is 0 Å². The summed E-state index contributed by atoms with van der Waals surface area (Å²) in [6.07, 6.45) is 0. The first kappa shape index (κ1) is 14.3. The number of nitrogens with one attached hydrogen (secondary N) is 1. The molecule has 1 fully saturated rings. The second kappa shape index (κ2) is 5.92. The van der Waals surface area contributed by atoms with Crippen LogP contribution in [0.2, 0.25) is 0 Å². The zero-order chi connectivity index (χ0) is 14.0. The average molecular weight is 326 g/mol. The molecular formula is C14H20BrN3O. The molecule has 2 rings (SSSR count). The van der Waals surface area contributed by atoms with Crippen LogP contribution < -0.4 is 10.2 Å². The molecule has 1 atom stereocenters.